The van der Waals surface area contributed by atoms with Crippen LogP contribution in [0.15, 0.2) is 41.4 Å². The minimum atomic E-state index is 0. The van der Waals surface area contributed by atoms with Crippen LogP contribution in [0.1, 0.15) is 35.8 Å². The Morgan fingerprint density at radius 3 is 2.74 bits per heavy atom. The van der Waals surface area contributed by atoms with Crippen LogP contribution in [0.25, 0.3) is 0 Å². The highest BCUT2D eigenvalue weighted by Crippen LogP contribution is 2.26. The third-order valence-corrected chi connectivity index (χ3v) is 6.46. The maximum Gasteiger partial charge on any atom is 0.276 e. The van der Waals surface area contributed by atoms with Gasteiger partial charge in [0.05, 0.1) is 12.2 Å². The van der Waals surface area contributed by atoms with E-state index in [9.17, 15) is 4.79 Å². The summed E-state index contributed by atoms with van der Waals surface area (Å²) >= 11 is 1.87. The topological polar surface area (TPSA) is 63.1 Å². The highest BCUT2D eigenvalue weighted by Gasteiger charge is 2.29. The molecule has 1 aromatic carbocycles. The molecular formula is C19H26ClN5OS. The standard InChI is InChI=1S/C19H25N5OS.ClH/c25-19(18-13-24(22-21-18)16-6-9-20-10-7-16)23-11-8-15(12-23)14-26-17-4-2-1-3-5-17;/h1-5,13,15-16,20H,6-12,14H2;1H. The fourth-order valence-corrected chi connectivity index (χ4v) is 4.72. The average Bonchev–Trinajstić information content (AvgIpc) is 3.37. The summed E-state index contributed by atoms with van der Waals surface area (Å²) in [6, 6.07) is 10.8. The van der Waals surface area contributed by atoms with Crippen molar-refractivity contribution >= 4 is 30.1 Å². The van der Waals surface area contributed by atoms with Gasteiger partial charge in [-0.2, -0.15) is 0 Å². The summed E-state index contributed by atoms with van der Waals surface area (Å²) in [4.78, 5) is 16.0. The Morgan fingerprint density at radius 2 is 1.96 bits per heavy atom. The zero-order valence-electron chi connectivity index (χ0n) is 15.3. The molecule has 0 radical (unpaired) electrons. The number of nitrogens with zero attached hydrogens (tertiary/aromatic N) is 4. The second kappa shape index (κ2) is 9.57. The first kappa shape index (κ1) is 20.2. The minimum absolute atomic E-state index is 0. The molecule has 0 bridgehead atoms. The van der Waals surface area contributed by atoms with Crippen LogP contribution in [0.4, 0.5) is 0 Å². The molecule has 2 aromatic rings. The Kier molecular flexibility index (Phi) is 7.15. The van der Waals surface area contributed by atoms with Crippen molar-refractivity contribution in [1.82, 2.24) is 25.2 Å². The van der Waals surface area contributed by atoms with E-state index in [4.69, 9.17) is 0 Å². The van der Waals surface area contributed by atoms with Crippen LogP contribution in [-0.4, -0.2) is 57.7 Å². The monoisotopic (exact) mass is 407 g/mol. The first-order valence-electron chi connectivity index (χ1n) is 9.39. The van der Waals surface area contributed by atoms with Crippen LogP contribution in [0.3, 0.4) is 0 Å². The number of carbonyl (C=O) groups is 1. The van der Waals surface area contributed by atoms with Crippen molar-refractivity contribution in [3.8, 4) is 0 Å². The Morgan fingerprint density at radius 1 is 1.19 bits per heavy atom. The summed E-state index contributed by atoms with van der Waals surface area (Å²) in [5.41, 5.74) is 0.486. The van der Waals surface area contributed by atoms with Crippen molar-refractivity contribution in [2.75, 3.05) is 31.9 Å². The van der Waals surface area contributed by atoms with Crippen molar-refractivity contribution in [1.29, 1.82) is 0 Å². The van der Waals surface area contributed by atoms with E-state index in [2.05, 4.69) is 39.9 Å². The maximum absolute atomic E-state index is 12.8. The Labute approximate surface area is 170 Å². The molecular weight excluding hydrogens is 382 g/mol. The van der Waals surface area contributed by atoms with Gasteiger partial charge in [0.2, 0.25) is 0 Å². The molecule has 27 heavy (non-hydrogen) atoms. The average molecular weight is 408 g/mol. The van der Waals surface area contributed by atoms with Crippen molar-refractivity contribution in [3.05, 3.63) is 42.2 Å². The van der Waals surface area contributed by atoms with Gasteiger partial charge in [0.15, 0.2) is 5.69 Å². The fraction of sp³-hybridized carbons (Fsp3) is 0.526. The summed E-state index contributed by atoms with van der Waals surface area (Å²) in [7, 11) is 0. The molecule has 1 aromatic heterocycles. The lowest BCUT2D eigenvalue weighted by Crippen LogP contribution is -2.30. The number of rotatable bonds is 5. The number of piperidine rings is 1. The molecule has 0 saturated carbocycles. The van der Waals surface area contributed by atoms with Crippen molar-refractivity contribution < 1.29 is 4.79 Å². The van der Waals surface area contributed by atoms with Gasteiger partial charge in [0.25, 0.3) is 5.91 Å². The quantitative estimate of drug-likeness (QED) is 0.772. The molecule has 146 valence electrons. The van der Waals surface area contributed by atoms with Gasteiger partial charge in [-0.1, -0.05) is 23.4 Å². The summed E-state index contributed by atoms with van der Waals surface area (Å²) in [5, 5.41) is 11.7. The van der Waals surface area contributed by atoms with Crippen molar-refractivity contribution in [2.24, 2.45) is 5.92 Å². The second-order valence-electron chi connectivity index (χ2n) is 7.09. The van der Waals surface area contributed by atoms with E-state index in [0.29, 0.717) is 17.7 Å². The summed E-state index contributed by atoms with van der Waals surface area (Å²) in [5.74, 6) is 1.62. The van der Waals surface area contributed by atoms with Crippen molar-refractivity contribution in [3.63, 3.8) is 0 Å². The number of aromatic nitrogens is 3. The number of nitrogens with one attached hydrogen (secondary N) is 1. The SMILES string of the molecule is Cl.O=C(c1cn(C2CCNCC2)nn1)N1CCC(CSc2ccccc2)C1. The predicted octanol–water partition coefficient (Wildman–Crippen LogP) is 2.88. The number of hydrogen-bond acceptors (Lipinski definition) is 5. The normalized spacial score (nSPS) is 20.4. The molecule has 1 amide bonds. The van der Waals surface area contributed by atoms with Gasteiger partial charge in [-0.05, 0) is 50.4 Å². The lowest BCUT2D eigenvalue weighted by molar-refractivity contribution is 0.0782. The first-order chi connectivity index (χ1) is 12.8. The van der Waals surface area contributed by atoms with E-state index in [1.54, 1.807) is 0 Å². The Balaban J connectivity index is 0.00000210. The first-order valence-corrected chi connectivity index (χ1v) is 10.4. The predicted molar refractivity (Wildman–Crippen MR) is 110 cm³/mol. The maximum atomic E-state index is 12.8. The van der Waals surface area contributed by atoms with E-state index in [1.807, 2.05) is 33.6 Å². The summed E-state index contributed by atoms with van der Waals surface area (Å²) in [6.45, 7) is 3.64. The molecule has 2 aliphatic heterocycles. The second-order valence-corrected chi connectivity index (χ2v) is 8.19. The van der Waals surface area contributed by atoms with E-state index < -0.39 is 0 Å². The van der Waals surface area contributed by atoms with Gasteiger partial charge < -0.3 is 10.2 Å². The van der Waals surface area contributed by atoms with Gasteiger partial charge in [-0.15, -0.1) is 29.3 Å². The van der Waals surface area contributed by atoms with Crippen LogP contribution < -0.4 is 5.32 Å². The third kappa shape index (κ3) is 5.03. The van der Waals surface area contributed by atoms with Crippen LogP contribution >= 0.6 is 24.2 Å². The van der Waals surface area contributed by atoms with Gasteiger partial charge in [0.1, 0.15) is 0 Å². The Hall–Kier alpha value is -1.57. The number of carbonyl (C=O) groups excluding carboxylic acids is 1. The van der Waals surface area contributed by atoms with E-state index in [0.717, 1.165) is 51.2 Å². The number of hydrogen-bond donors (Lipinski definition) is 1. The van der Waals surface area contributed by atoms with Crippen LogP contribution in [0.5, 0.6) is 0 Å². The molecule has 0 aliphatic carbocycles. The van der Waals surface area contributed by atoms with Crippen molar-refractivity contribution in [2.45, 2.75) is 30.2 Å². The van der Waals surface area contributed by atoms with Gasteiger partial charge in [-0.3, -0.25) is 4.79 Å². The van der Waals surface area contributed by atoms with Crippen LogP contribution in [0, 0.1) is 5.92 Å². The van der Waals surface area contributed by atoms with Crippen LogP contribution in [0.2, 0.25) is 0 Å². The van der Waals surface area contributed by atoms with E-state index in [1.165, 1.54) is 4.90 Å². The molecule has 4 rings (SSSR count). The molecule has 2 saturated heterocycles. The summed E-state index contributed by atoms with van der Waals surface area (Å²) < 4.78 is 1.88. The molecule has 3 heterocycles. The lowest BCUT2D eigenvalue weighted by Gasteiger charge is -2.22. The molecule has 1 atom stereocenters. The highest BCUT2D eigenvalue weighted by atomic mass is 35.5. The molecule has 2 fully saturated rings. The highest BCUT2D eigenvalue weighted by molar-refractivity contribution is 7.99. The van der Waals surface area contributed by atoms with E-state index in [-0.39, 0.29) is 18.3 Å². The fourth-order valence-electron chi connectivity index (χ4n) is 3.67. The zero-order valence-corrected chi connectivity index (χ0v) is 16.9. The molecule has 8 heteroatoms. The zero-order chi connectivity index (χ0) is 17.8. The smallest absolute Gasteiger partial charge is 0.276 e. The molecule has 6 nitrogen and oxygen atoms in total. The molecule has 1 N–H and O–H groups in total. The van der Waals surface area contributed by atoms with E-state index >= 15 is 0 Å². The third-order valence-electron chi connectivity index (χ3n) is 5.21. The Bertz CT molecular complexity index is 735. The molecule has 0 spiro atoms. The number of halogens is 1. The lowest BCUT2D eigenvalue weighted by atomic mass is 10.1. The van der Waals surface area contributed by atoms with Gasteiger partial charge in [-0.25, -0.2) is 4.68 Å². The minimum Gasteiger partial charge on any atom is -0.337 e. The number of likely N-dealkylation sites (tertiary alicyclic amines) is 1. The number of thioether (sulfide) groups is 1. The largest absolute Gasteiger partial charge is 0.337 e. The van der Waals surface area contributed by atoms with Gasteiger partial charge >= 0.3 is 0 Å². The van der Waals surface area contributed by atoms with Crippen LogP contribution in [-0.2, 0) is 0 Å². The molecule has 2 aliphatic rings. The van der Waals surface area contributed by atoms with Gasteiger partial charge in [0, 0.05) is 23.7 Å². The molecule has 1 unspecified atom stereocenters. The summed E-state index contributed by atoms with van der Waals surface area (Å²) in [6.07, 6.45) is 4.98. The number of amides is 1. The number of benzene rings is 1.